The van der Waals surface area contributed by atoms with Crippen molar-refractivity contribution in [2.45, 2.75) is 65.5 Å². The van der Waals surface area contributed by atoms with E-state index in [0.29, 0.717) is 0 Å². The van der Waals surface area contributed by atoms with Gasteiger partial charge in [-0.25, -0.2) is 0 Å². The van der Waals surface area contributed by atoms with Crippen molar-refractivity contribution in [1.82, 2.24) is 0 Å². The smallest absolute Gasteiger partial charge is 0.0776 e. The van der Waals surface area contributed by atoms with E-state index in [2.05, 4.69) is 294 Å². The van der Waals surface area contributed by atoms with Crippen LogP contribution < -0.4 is 20.2 Å². The topological polar surface area (TPSA) is 6.48 Å². The third-order valence-electron chi connectivity index (χ3n) is 16.6. The van der Waals surface area contributed by atoms with Gasteiger partial charge in [0.25, 0.3) is 0 Å². The van der Waals surface area contributed by atoms with Crippen LogP contribution in [0, 0.1) is 0 Å². The quantitative estimate of drug-likeness (QED) is 0.0995. The highest BCUT2D eigenvalue weighted by Crippen LogP contribution is 2.56. The first-order valence-corrected chi connectivity index (χ1v) is 36.8. The van der Waals surface area contributed by atoms with Gasteiger partial charge in [-0.2, -0.15) is 0 Å². The molecule has 0 fully saturated rings. The van der Waals surface area contributed by atoms with Crippen molar-refractivity contribution in [3.8, 4) is 22.3 Å². The molecule has 0 aliphatic rings. The van der Waals surface area contributed by atoms with Crippen molar-refractivity contribution < 1.29 is 0 Å². The number of anilines is 6. The molecule has 0 aliphatic heterocycles. The molecule has 0 N–H and O–H groups in total. The van der Waals surface area contributed by atoms with Gasteiger partial charge in [-0.15, -0.1) is 22.7 Å². The summed E-state index contributed by atoms with van der Waals surface area (Å²) in [5.74, 6) is 0. The summed E-state index contributed by atoms with van der Waals surface area (Å²) in [6, 6.07) is 86.2. The third kappa shape index (κ3) is 8.37. The van der Waals surface area contributed by atoms with Crippen LogP contribution in [0.3, 0.4) is 0 Å². The summed E-state index contributed by atoms with van der Waals surface area (Å²) in [6.07, 6.45) is 0. The van der Waals surface area contributed by atoms with Crippen LogP contribution in [0.4, 0.5) is 34.1 Å². The van der Waals surface area contributed by atoms with Crippen LogP contribution in [-0.4, -0.2) is 16.1 Å². The van der Waals surface area contributed by atoms with Gasteiger partial charge in [0.15, 0.2) is 0 Å². The van der Waals surface area contributed by atoms with Gasteiger partial charge in [0.05, 0.1) is 59.7 Å². The maximum absolute atomic E-state index is 2.66. The van der Waals surface area contributed by atoms with Gasteiger partial charge in [0.2, 0.25) is 0 Å². The second-order valence-corrected chi connectivity index (χ2v) is 37.2. The molecule has 390 valence electrons. The van der Waals surface area contributed by atoms with Crippen molar-refractivity contribution in [1.29, 1.82) is 0 Å². The number of thiophene rings is 2. The van der Waals surface area contributed by atoms with Gasteiger partial charge in [0, 0.05) is 58.2 Å². The molecule has 6 heteroatoms. The number of rotatable bonds is 10. The SMILES string of the molecule is CC(C)(C)c1cc2ccc3c(N(c4ccc([Si](C)(C)C)cc4-c4ccccc4)c4cccc5c4sc4ccccc45)cc(N(c4ccc([Si](C)(C)C)cc4-c4ccccc4)c4cccc5c4sc4ccccc45)c4ccc(c1)c2c34. The third-order valence-corrected chi connectivity index (χ3v) is 23.1. The predicted molar refractivity (Wildman–Crippen MR) is 361 cm³/mol. The predicted octanol–water partition coefficient (Wildman–Crippen LogP) is 22.0. The second-order valence-electron chi connectivity index (χ2n) is 24.9. The molecule has 2 nitrogen and oxygen atoms in total. The van der Waals surface area contributed by atoms with Crippen LogP contribution in [-0.2, 0) is 5.41 Å². The molecular formula is C74H64N2S2Si2. The van der Waals surface area contributed by atoms with E-state index in [0.717, 1.165) is 22.7 Å². The summed E-state index contributed by atoms with van der Waals surface area (Å²) in [4.78, 5) is 5.32. The van der Waals surface area contributed by atoms with Crippen LogP contribution in [0.15, 0.2) is 224 Å². The number of nitrogens with zero attached hydrogens (tertiary/aromatic N) is 2. The van der Waals surface area contributed by atoms with Crippen LogP contribution in [0.5, 0.6) is 0 Å². The van der Waals surface area contributed by atoms with E-state index in [1.807, 2.05) is 22.7 Å². The lowest BCUT2D eigenvalue weighted by atomic mass is 9.83. The fraction of sp³-hybridized carbons (Fsp3) is 0.135. The minimum Gasteiger partial charge on any atom is -0.308 e. The first-order chi connectivity index (χ1) is 38.6. The molecule has 0 radical (unpaired) electrons. The molecule has 14 rings (SSSR count). The summed E-state index contributed by atoms with van der Waals surface area (Å²) in [5.41, 5.74) is 13.1. The van der Waals surface area contributed by atoms with Crippen molar-refractivity contribution in [2.24, 2.45) is 0 Å². The Morgan fingerprint density at radius 3 is 1.16 bits per heavy atom. The zero-order valence-corrected chi connectivity index (χ0v) is 50.7. The van der Waals surface area contributed by atoms with E-state index in [1.54, 1.807) is 0 Å². The van der Waals surface area contributed by atoms with Crippen LogP contribution in [0.25, 0.3) is 94.9 Å². The number of hydrogen-bond donors (Lipinski definition) is 0. The van der Waals surface area contributed by atoms with E-state index in [-0.39, 0.29) is 5.41 Å². The molecule has 0 saturated heterocycles. The van der Waals surface area contributed by atoms with Gasteiger partial charge in [-0.05, 0) is 80.7 Å². The zero-order valence-electron chi connectivity index (χ0n) is 47.1. The molecule has 12 aromatic carbocycles. The summed E-state index contributed by atoms with van der Waals surface area (Å²) in [6.45, 7) is 21.8. The fourth-order valence-electron chi connectivity index (χ4n) is 12.4. The molecule has 0 atom stereocenters. The lowest BCUT2D eigenvalue weighted by Gasteiger charge is -2.35. The molecule has 2 heterocycles. The molecular weight excluding hydrogens is 1040 g/mol. The van der Waals surface area contributed by atoms with Crippen molar-refractivity contribution in [3.63, 3.8) is 0 Å². The lowest BCUT2D eigenvalue weighted by Crippen LogP contribution is -2.37. The highest BCUT2D eigenvalue weighted by molar-refractivity contribution is 7.26. The average Bonchev–Trinajstić information content (AvgIpc) is 3.00. The van der Waals surface area contributed by atoms with E-state index in [4.69, 9.17) is 0 Å². The number of benzene rings is 12. The first kappa shape index (κ1) is 50.4. The van der Waals surface area contributed by atoms with Crippen molar-refractivity contribution >= 4 is 156 Å². The Morgan fingerprint density at radius 2 is 0.738 bits per heavy atom. The Hall–Kier alpha value is -7.85. The molecule has 0 unspecified atom stereocenters. The molecule has 0 spiro atoms. The fourth-order valence-corrected chi connectivity index (χ4v) is 17.1. The van der Waals surface area contributed by atoms with E-state index < -0.39 is 16.1 Å². The summed E-state index contributed by atoms with van der Waals surface area (Å²) < 4.78 is 5.11. The molecule has 0 bridgehead atoms. The minimum atomic E-state index is -1.79. The molecule has 2 aromatic heterocycles. The van der Waals surface area contributed by atoms with Gasteiger partial charge in [-0.3, -0.25) is 0 Å². The minimum absolute atomic E-state index is 0.0357. The van der Waals surface area contributed by atoms with E-state index in [9.17, 15) is 0 Å². The normalized spacial score (nSPS) is 12.6. The maximum Gasteiger partial charge on any atom is 0.0776 e. The van der Waals surface area contributed by atoms with Gasteiger partial charge >= 0.3 is 0 Å². The standard InChI is InChI=1S/C74H64N2S2Si2/c1-74(2,3)51-42-49-34-38-58-66(75(64-30-20-28-56-54-26-16-18-32-68(54)77-72(56)64)62-40-36-52(79(4,5)6)44-60(62)47-22-12-10-13-23-47)46-67(59-39-35-50(43-51)70(49)71(58)59)76(65-31-21-29-57-55-27-17-19-33-69(55)78-73(57)65)63-41-37-53(80(7,8)9)45-61(63)48-24-14-11-15-25-48/h10-46H,1-9H3. The molecule has 0 aliphatic carbocycles. The largest absolute Gasteiger partial charge is 0.308 e. The second kappa shape index (κ2) is 18.9. The van der Waals surface area contributed by atoms with Gasteiger partial charge in [0.1, 0.15) is 0 Å². The maximum atomic E-state index is 2.66. The zero-order chi connectivity index (χ0) is 54.8. The Labute approximate surface area is 480 Å². The summed E-state index contributed by atoms with van der Waals surface area (Å²) in [5, 5.41) is 15.5. The number of fused-ring (bicyclic) bond motifs is 6. The number of hydrogen-bond acceptors (Lipinski definition) is 4. The van der Waals surface area contributed by atoms with E-state index in [1.165, 1.54) is 122 Å². The van der Waals surface area contributed by atoms with E-state index >= 15 is 0 Å². The van der Waals surface area contributed by atoms with Gasteiger partial charge in [-0.1, -0.05) is 252 Å². The summed E-state index contributed by atoms with van der Waals surface area (Å²) in [7, 11) is -3.58. The Balaban J connectivity index is 1.19. The van der Waals surface area contributed by atoms with Gasteiger partial charge < -0.3 is 9.80 Å². The average molecular weight is 1100 g/mol. The van der Waals surface area contributed by atoms with Crippen molar-refractivity contribution in [3.05, 3.63) is 230 Å². The van der Waals surface area contributed by atoms with Crippen LogP contribution in [0.2, 0.25) is 39.3 Å². The summed E-state index contributed by atoms with van der Waals surface area (Å²) >= 11 is 3.80. The van der Waals surface area contributed by atoms with Crippen LogP contribution >= 0.6 is 22.7 Å². The highest BCUT2D eigenvalue weighted by atomic mass is 32.1. The molecule has 80 heavy (non-hydrogen) atoms. The monoisotopic (exact) mass is 1100 g/mol. The molecule has 0 saturated carbocycles. The lowest BCUT2D eigenvalue weighted by molar-refractivity contribution is 0.591. The van der Waals surface area contributed by atoms with Crippen molar-refractivity contribution in [2.75, 3.05) is 9.80 Å². The molecule has 14 aromatic rings. The highest BCUT2D eigenvalue weighted by Gasteiger charge is 2.31. The Morgan fingerprint density at radius 1 is 0.325 bits per heavy atom. The first-order valence-electron chi connectivity index (χ1n) is 28.2. The Kier molecular flexibility index (Phi) is 11.9. The molecule has 0 amide bonds. The Bertz CT molecular complexity index is 4440. The van der Waals surface area contributed by atoms with Crippen LogP contribution in [0.1, 0.15) is 26.3 Å².